The van der Waals surface area contributed by atoms with Crippen molar-refractivity contribution >= 4 is 11.7 Å². The Kier molecular flexibility index (Phi) is 8.29. The number of carbonyl (C=O) groups excluding carboxylic acids is 1. The summed E-state index contributed by atoms with van der Waals surface area (Å²) in [5.41, 5.74) is 1.67. The van der Waals surface area contributed by atoms with Gasteiger partial charge in [-0.3, -0.25) is 4.79 Å². The summed E-state index contributed by atoms with van der Waals surface area (Å²) in [5, 5.41) is 20.0. The van der Waals surface area contributed by atoms with Crippen LogP contribution in [0.4, 0.5) is 19.0 Å². The van der Waals surface area contributed by atoms with Crippen molar-refractivity contribution in [3.8, 4) is 16.9 Å². The average Bonchev–Trinajstić information content (AvgIpc) is 3.34. The summed E-state index contributed by atoms with van der Waals surface area (Å²) in [6, 6.07) is 10.5. The van der Waals surface area contributed by atoms with Crippen molar-refractivity contribution in [2.75, 3.05) is 11.9 Å². The molecule has 4 aromatic rings. The maximum absolute atomic E-state index is 14.0. The highest BCUT2D eigenvalue weighted by molar-refractivity contribution is 6.01. The topological polar surface area (TPSA) is 113 Å². The molecule has 0 bridgehead atoms. The molecule has 3 N–H and O–H groups in total. The molecule has 0 aliphatic rings. The SMILES string of the molecule is Cc1ccc(OCCCC(C)(C)O)cc1-c1ccnc(NC(=O)c2nnc(Cc3cc(F)cc(F)c3F)[nH]2)c1. The van der Waals surface area contributed by atoms with Gasteiger partial charge in [0.05, 0.1) is 12.2 Å². The van der Waals surface area contributed by atoms with Gasteiger partial charge in [0.1, 0.15) is 23.2 Å². The number of nitrogens with zero attached hydrogens (tertiary/aromatic N) is 3. The van der Waals surface area contributed by atoms with Gasteiger partial charge in [-0.05, 0) is 80.6 Å². The van der Waals surface area contributed by atoms with Crippen molar-refractivity contribution in [1.29, 1.82) is 0 Å². The first-order valence-electron chi connectivity index (χ1n) is 12.3. The number of carbonyl (C=O) groups is 1. The first kappa shape index (κ1) is 27.8. The summed E-state index contributed by atoms with van der Waals surface area (Å²) in [7, 11) is 0. The van der Waals surface area contributed by atoms with E-state index >= 15 is 0 Å². The molecule has 0 saturated carbocycles. The van der Waals surface area contributed by atoms with Gasteiger partial charge in [0, 0.05) is 24.2 Å². The zero-order valence-electron chi connectivity index (χ0n) is 21.7. The van der Waals surface area contributed by atoms with E-state index in [-0.39, 0.29) is 29.5 Å². The molecular formula is C28H28F3N5O3. The number of aromatic nitrogens is 4. The summed E-state index contributed by atoms with van der Waals surface area (Å²) >= 11 is 0. The Labute approximate surface area is 223 Å². The largest absolute Gasteiger partial charge is 0.494 e. The lowest BCUT2D eigenvalue weighted by molar-refractivity contribution is 0.0641. The van der Waals surface area contributed by atoms with Crippen LogP contribution in [0.3, 0.4) is 0 Å². The number of hydrogen-bond donors (Lipinski definition) is 3. The quantitative estimate of drug-likeness (QED) is 0.185. The van der Waals surface area contributed by atoms with Crippen LogP contribution in [0, 0.1) is 24.4 Å². The summed E-state index contributed by atoms with van der Waals surface area (Å²) in [5.74, 6) is -3.27. The number of ether oxygens (including phenoxy) is 1. The molecule has 204 valence electrons. The van der Waals surface area contributed by atoms with Gasteiger partial charge in [-0.25, -0.2) is 18.2 Å². The maximum Gasteiger partial charge on any atom is 0.294 e. The normalized spacial score (nSPS) is 11.5. The number of pyridine rings is 1. The molecule has 0 atom stereocenters. The number of rotatable bonds is 10. The Morgan fingerprint density at radius 2 is 1.90 bits per heavy atom. The van der Waals surface area contributed by atoms with Gasteiger partial charge in [0.15, 0.2) is 11.6 Å². The van der Waals surface area contributed by atoms with E-state index in [0.29, 0.717) is 31.3 Å². The van der Waals surface area contributed by atoms with Crippen LogP contribution in [0.25, 0.3) is 11.1 Å². The Balaban J connectivity index is 1.44. The van der Waals surface area contributed by atoms with Crippen LogP contribution in [0.2, 0.25) is 0 Å². The van der Waals surface area contributed by atoms with Crippen LogP contribution in [-0.4, -0.2) is 43.4 Å². The van der Waals surface area contributed by atoms with Crippen molar-refractivity contribution in [3.05, 3.63) is 88.9 Å². The molecule has 39 heavy (non-hydrogen) atoms. The van der Waals surface area contributed by atoms with Crippen LogP contribution >= 0.6 is 0 Å². The molecule has 2 aromatic carbocycles. The number of aliphatic hydroxyl groups is 1. The predicted octanol–water partition coefficient (Wildman–Crippen LogP) is 5.37. The third kappa shape index (κ3) is 7.41. The van der Waals surface area contributed by atoms with Crippen LogP contribution in [0.5, 0.6) is 5.75 Å². The van der Waals surface area contributed by atoms with Gasteiger partial charge in [-0.1, -0.05) is 6.07 Å². The zero-order chi connectivity index (χ0) is 28.2. The highest BCUT2D eigenvalue weighted by Crippen LogP contribution is 2.29. The summed E-state index contributed by atoms with van der Waals surface area (Å²) in [4.78, 5) is 19.6. The molecule has 0 unspecified atom stereocenters. The predicted molar refractivity (Wildman–Crippen MR) is 139 cm³/mol. The molecule has 1 amide bonds. The molecule has 2 heterocycles. The minimum Gasteiger partial charge on any atom is -0.494 e. The number of halogens is 3. The Bertz CT molecular complexity index is 1480. The molecule has 0 fully saturated rings. The van der Waals surface area contributed by atoms with E-state index in [1.807, 2.05) is 25.1 Å². The van der Waals surface area contributed by atoms with E-state index in [2.05, 4.69) is 25.5 Å². The molecule has 11 heteroatoms. The fourth-order valence-electron chi connectivity index (χ4n) is 3.94. The number of nitrogens with one attached hydrogen (secondary N) is 2. The standard InChI is InChI=1S/C28H28F3N5O3/c1-16-5-6-20(39-10-4-8-28(2,3)38)15-21(16)17-7-9-32-23(12-17)34-27(37)26-33-24(35-36-26)13-18-11-19(29)14-22(30)25(18)31/h5-7,9,11-12,14-15,38H,4,8,10,13H2,1-3H3,(H,32,34,37)(H,33,35,36). The third-order valence-corrected chi connectivity index (χ3v) is 5.90. The molecule has 0 aliphatic carbocycles. The summed E-state index contributed by atoms with van der Waals surface area (Å²) < 4.78 is 46.8. The number of amides is 1. The molecule has 0 spiro atoms. The van der Waals surface area contributed by atoms with E-state index in [0.717, 1.165) is 22.8 Å². The second-order valence-corrected chi connectivity index (χ2v) is 9.78. The van der Waals surface area contributed by atoms with Crippen molar-refractivity contribution in [1.82, 2.24) is 20.2 Å². The van der Waals surface area contributed by atoms with Crippen LogP contribution < -0.4 is 10.1 Å². The van der Waals surface area contributed by atoms with E-state index in [1.54, 1.807) is 32.2 Å². The number of benzene rings is 2. The second-order valence-electron chi connectivity index (χ2n) is 9.78. The number of aryl methyl sites for hydroxylation is 1. The average molecular weight is 540 g/mol. The van der Waals surface area contributed by atoms with Gasteiger partial charge < -0.3 is 20.1 Å². The Morgan fingerprint density at radius 3 is 2.67 bits per heavy atom. The van der Waals surface area contributed by atoms with E-state index in [4.69, 9.17) is 4.74 Å². The van der Waals surface area contributed by atoms with Crippen LogP contribution in [0.15, 0.2) is 48.7 Å². The number of hydrogen-bond acceptors (Lipinski definition) is 6. The summed E-state index contributed by atoms with van der Waals surface area (Å²) in [6.45, 7) is 5.93. The smallest absolute Gasteiger partial charge is 0.294 e. The monoisotopic (exact) mass is 539 g/mol. The van der Waals surface area contributed by atoms with Gasteiger partial charge in [0.2, 0.25) is 5.82 Å². The van der Waals surface area contributed by atoms with Crippen molar-refractivity contribution in [2.24, 2.45) is 0 Å². The zero-order valence-corrected chi connectivity index (χ0v) is 21.7. The minimum atomic E-state index is -1.31. The lowest BCUT2D eigenvalue weighted by Gasteiger charge is -2.17. The number of anilines is 1. The summed E-state index contributed by atoms with van der Waals surface area (Å²) in [6.07, 6.45) is 2.58. The van der Waals surface area contributed by atoms with Crippen molar-refractivity contribution in [3.63, 3.8) is 0 Å². The number of H-pyrrole nitrogens is 1. The molecule has 0 saturated heterocycles. The molecule has 2 aromatic heterocycles. The van der Waals surface area contributed by atoms with E-state index in [1.165, 1.54) is 0 Å². The van der Waals surface area contributed by atoms with Crippen molar-refractivity contribution in [2.45, 2.75) is 45.6 Å². The lowest BCUT2D eigenvalue weighted by Crippen LogP contribution is -2.19. The molecule has 0 radical (unpaired) electrons. The van der Waals surface area contributed by atoms with Crippen molar-refractivity contribution < 1.29 is 27.8 Å². The highest BCUT2D eigenvalue weighted by Gasteiger charge is 2.17. The number of aromatic amines is 1. The van der Waals surface area contributed by atoms with E-state index < -0.39 is 29.0 Å². The van der Waals surface area contributed by atoms with Crippen LogP contribution in [0.1, 0.15) is 54.3 Å². The van der Waals surface area contributed by atoms with Crippen LogP contribution in [-0.2, 0) is 6.42 Å². The first-order valence-corrected chi connectivity index (χ1v) is 12.3. The molecular weight excluding hydrogens is 511 g/mol. The second kappa shape index (κ2) is 11.6. The Morgan fingerprint density at radius 1 is 1.10 bits per heavy atom. The van der Waals surface area contributed by atoms with Gasteiger partial charge >= 0.3 is 0 Å². The highest BCUT2D eigenvalue weighted by atomic mass is 19.2. The fourth-order valence-corrected chi connectivity index (χ4v) is 3.94. The third-order valence-electron chi connectivity index (χ3n) is 5.90. The van der Waals surface area contributed by atoms with Gasteiger partial charge in [-0.2, -0.15) is 0 Å². The lowest BCUT2D eigenvalue weighted by atomic mass is 10.0. The van der Waals surface area contributed by atoms with E-state index in [9.17, 15) is 23.1 Å². The van der Waals surface area contributed by atoms with Gasteiger partial charge in [-0.15, -0.1) is 10.2 Å². The van der Waals surface area contributed by atoms with Gasteiger partial charge in [0.25, 0.3) is 5.91 Å². The first-order chi connectivity index (χ1) is 18.5. The Hall–Kier alpha value is -4.25. The fraction of sp³-hybridized carbons (Fsp3) is 0.286. The molecule has 8 nitrogen and oxygen atoms in total. The molecule has 0 aliphatic heterocycles. The molecule has 4 rings (SSSR count). The maximum atomic E-state index is 14.0. The minimum absolute atomic E-state index is 0.0563.